The Labute approximate surface area is 248 Å². The fourth-order valence-electron chi connectivity index (χ4n) is 5.59. The summed E-state index contributed by atoms with van der Waals surface area (Å²) in [6, 6.07) is 4.10. The highest BCUT2D eigenvalue weighted by atomic mass is 32.1. The Morgan fingerprint density at radius 2 is 2.02 bits per heavy atom. The molecule has 5 heterocycles. The predicted molar refractivity (Wildman–Crippen MR) is 172 cm³/mol. The number of nitrogens with zero attached hydrogens (tertiary/aromatic N) is 4. The Hall–Kier alpha value is -4.21. The van der Waals surface area contributed by atoms with E-state index in [2.05, 4.69) is 55.8 Å². The molecule has 7 nitrogen and oxygen atoms in total. The summed E-state index contributed by atoms with van der Waals surface area (Å²) in [5, 5.41) is 11.3. The third kappa shape index (κ3) is 5.37. The highest BCUT2D eigenvalue weighted by Crippen LogP contribution is 2.37. The van der Waals surface area contributed by atoms with E-state index in [1.165, 1.54) is 25.7 Å². The van der Waals surface area contributed by atoms with Crippen molar-refractivity contribution in [1.29, 1.82) is 0 Å². The number of allylic oxidation sites excluding steroid dienone is 4. The van der Waals surface area contributed by atoms with E-state index in [4.69, 9.17) is 4.98 Å². The zero-order valence-electron chi connectivity index (χ0n) is 23.9. The minimum Gasteiger partial charge on any atom is -0.335 e. The number of hydrogen-bond acceptors (Lipinski definition) is 6. The molecule has 0 radical (unpaired) electrons. The zero-order chi connectivity index (χ0) is 29.2. The number of nitrogens with one attached hydrogen (secondary N) is 3. The number of pyridine rings is 2. The summed E-state index contributed by atoms with van der Waals surface area (Å²) in [6.45, 7) is 13.6. The van der Waals surface area contributed by atoms with Crippen molar-refractivity contribution in [2.45, 2.75) is 39.5 Å². The molecule has 1 saturated carbocycles. The van der Waals surface area contributed by atoms with Crippen molar-refractivity contribution in [1.82, 2.24) is 35.5 Å². The SMILES string of the molecule is C=C/C(=C\C(=C/C)c1ncc2[nH]nc(-c3nc4c(-c5ccc(C(=C)C)s5)cncc4[nH]3)c2c1F)CNCC1CCCC1. The maximum absolute atomic E-state index is 16.3. The minimum atomic E-state index is -0.453. The molecule has 0 aromatic carbocycles. The second-order valence-corrected chi connectivity index (χ2v) is 11.9. The number of imidazole rings is 1. The van der Waals surface area contributed by atoms with Crippen LogP contribution in [0.25, 0.3) is 55.0 Å². The summed E-state index contributed by atoms with van der Waals surface area (Å²) in [4.78, 5) is 19.2. The van der Waals surface area contributed by atoms with E-state index in [0.717, 1.165) is 50.0 Å². The number of fused-ring (bicyclic) bond motifs is 2. The average Bonchev–Trinajstić information content (AvgIpc) is 3.81. The van der Waals surface area contributed by atoms with E-state index in [9.17, 15) is 0 Å². The molecular formula is C33H34FN7S. The molecule has 0 bridgehead atoms. The lowest BCUT2D eigenvalue weighted by Crippen LogP contribution is -2.23. The van der Waals surface area contributed by atoms with Crippen LogP contribution in [0.2, 0.25) is 0 Å². The van der Waals surface area contributed by atoms with E-state index in [1.807, 2.05) is 32.1 Å². The van der Waals surface area contributed by atoms with Gasteiger partial charge in [-0.25, -0.2) is 9.37 Å². The fourth-order valence-corrected chi connectivity index (χ4v) is 6.53. The fraction of sp³-hybridized carbons (Fsp3) is 0.273. The van der Waals surface area contributed by atoms with E-state index in [-0.39, 0.29) is 5.69 Å². The molecule has 5 aromatic heterocycles. The molecule has 5 aromatic rings. The van der Waals surface area contributed by atoms with Crippen LogP contribution in [-0.2, 0) is 0 Å². The molecule has 0 spiro atoms. The Morgan fingerprint density at radius 3 is 2.76 bits per heavy atom. The van der Waals surface area contributed by atoms with Crippen LogP contribution < -0.4 is 5.32 Å². The standard InChI is InChI=1S/C33H34FN7S/c1-5-20(14-35-15-21-9-7-8-10-21)13-22(6-2)30-29(34)28-24(18-37-30)40-41-32(28)33-38-25-17-36-16-23(31(25)39-33)27-12-11-26(42-27)19(3)4/h5-6,11-13,16-18,21,35H,1,3,7-10,14-15H2,2,4H3,(H,38,39)(H,40,41)/b20-13+,22-6+. The third-order valence-corrected chi connectivity index (χ3v) is 9.16. The van der Waals surface area contributed by atoms with Crippen LogP contribution in [0.15, 0.2) is 67.7 Å². The summed E-state index contributed by atoms with van der Waals surface area (Å²) in [5.74, 6) is 0.743. The second kappa shape index (κ2) is 12.0. The topological polar surface area (TPSA) is 95.2 Å². The van der Waals surface area contributed by atoms with Gasteiger partial charge in [-0.15, -0.1) is 11.3 Å². The highest BCUT2D eigenvalue weighted by Gasteiger charge is 2.22. The molecule has 1 fully saturated rings. The van der Waals surface area contributed by atoms with Gasteiger partial charge in [-0.3, -0.25) is 15.1 Å². The molecule has 0 saturated heterocycles. The normalized spacial score (nSPS) is 14.8. The molecule has 1 aliphatic carbocycles. The van der Waals surface area contributed by atoms with Crippen molar-refractivity contribution >= 4 is 44.4 Å². The van der Waals surface area contributed by atoms with Crippen molar-refractivity contribution in [3.05, 3.63) is 84.1 Å². The first-order chi connectivity index (χ1) is 20.5. The lowest BCUT2D eigenvalue weighted by molar-refractivity contribution is 0.503. The lowest BCUT2D eigenvalue weighted by Gasteiger charge is -2.12. The molecule has 42 heavy (non-hydrogen) atoms. The Kier molecular flexibility index (Phi) is 7.95. The molecule has 0 aliphatic heterocycles. The molecular weight excluding hydrogens is 545 g/mol. The summed E-state index contributed by atoms with van der Waals surface area (Å²) < 4.78 is 16.3. The maximum Gasteiger partial charge on any atom is 0.161 e. The number of H-pyrrole nitrogens is 2. The lowest BCUT2D eigenvalue weighted by atomic mass is 10.0. The van der Waals surface area contributed by atoms with Crippen molar-refractivity contribution in [3.63, 3.8) is 0 Å². The summed E-state index contributed by atoms with van der Waals surface area (Å²) in [7, 11) is 0. The van der Waals surface area contributed by atoms with Crippen molar-refractivity contribution in [2.24, 2.45) is 5.92 Å². The van der Waals surface area contributed by atoms with Gasteiger partial charge in [-0.2, -0.15) is 5.10 Å². The average molecular weight is 580 g/mol. The number of hydrogen-bond donors (Lipinski definition) is 3. The van der Waals surface area contributed by atoms with Crippen molar-refractivity contribution in [2.75, 3.05) is 13.1 Å². The van der Waals surface area contributed by atoms with E-state index in [1.54, 1.807) is 29.9 Å². The summed E-state index contributed by atoms with van der Waals surface area (Å²) in [5.41, 5.74) is 6.21. The number of aromatic nitrogens is 6. The van der Waals surface area contributed by atoms with Gasteiger partial charge in [0.25, 0.3) is 0 Å². The Balaban J connectivity index is 1.34. The van der Waals surface area contributed by atoms with Gasteiger partial charge in [-0.1, -0.05) is 38.2 Å². The van der Waals surface area contributed by atoms with Crippen LogP contribution in [0, 0.1) is 11.7 Å². The second-order valence-electron chi connectivity index (χ2n) is 10.8. The van der Waals surface area contributed by atoms with E-state index >= 15 is 4.39 Å². The van der Waals surface area contributed by atoms with Gasteiger partial charge in [0.1, 0.15) is 16.9 Å². The number of thiophene rings is 1. The molecule has 1 aliphatic rings. The predicted octanol–water partition coefficient (Wildman–Crippen LogP) is 8.09. The molecule has 6 rings (SSSR count). The first-order valence-electron chi connectivity index (χ1n) is 14.3. The van der Waals surface area contributed by atoms with Gasteiger partial charge in [0, 0.05) is 28.1 Å². The van der Waals surface area contributed by atoms with Crippen LogP contribution in [0.5, 0.6) is 0 Å². The highest BCUT2D eigenvalue weighted by molar-refractivity contribution is 7.16. The smallest absolute Gasteiger partial charge is 0.161 e. The van der Waals surface area contributed by atoms with Gasteiger partial charge < -0.3 is 10.3 Å². The quantitative estimate of drug-likeness (QED) is 0.145. The number of halogens is 1. The maximum atomic E-state index is 16.3. The molecule has 3 N–H and O–H groups in total. The van der Waals surface area contributed by atoms with Crippen molar-refractivity contribution in [3.8, 4) is 22.0 Å². The largest absolute Gasteiger partial charge is 0.335 e. The van der Waals surface area contributed by atoms with Crippen LogP contribution >= 0.6 is 11.3 Å². The molecule has 214 valence electrons. The van der Waals surface area contributed by atoms with Gasteiger partial charge in [0.15, 0.2) is 11.6 Å². The van der Waals surface area contributed by atoms with Gasteiger partial charge >= 0.3 is 0 Å². The monoisotopic (exact) mass is 579 g/mol. The molecule has 9 heteroatoms. The van der Waals surface area contributed by atoms with Gasteiger partial charge in [0.05, 0.1) is 28.8 Å². The number of rotatable bonds is 10. The summed E-state index contributed by atoms with van der Waals surface area (Å²) >= 11 is 1.64. The zero-order valence-corrected chi connectivity index (χ0v) is 24.7. The Bertz CT molecular complexity index is 1850. The molecule has 0 unspecified atom stereocenters. The molecule has 0 atom stereocenters. The van der Waals surface area contributed by atoms with E-state index < -0.39 is 5.82 Å². The van der Waals surface area contributed by atoms with Gasteiger partial charge in [0.2, 0.25) is 0 Å². The Morgan fingerprint density at radius 1 is 1.19 bits per heavy atom. The third-order valence-electron chi connectivity index (χ3n) is 7.88. The van der Waals surface area contributed by atoms with Crippen LogP contribution in [0.4, 0.5) is 4.39 Å². The van der Waals surface area contributed by atoms with Crippen LogP contribution in [-0.4, -0.2) is 43.2 Å². The number of aromatic amines is 2. The minimum absolute atomic E-state index is 0.257. The van der Waals surface area contributed by atoms with E-state index in [0.29, 0.717) is 34.5 Å². The van der Waals surface area contributed by atoms with Crippen LogP contribution in [0.1, 0.15) is 50.1 Å². The summed E-state index contributed by atoms with van der Waals surface area (Å²) in [6.07, 6.45) is 16.0. The first-order valence-corrected chi connectivity index (χ1v) is 15.1. The van der Waals surface area contributed by atoms with Gasteiger partial charge in [-0.05, 0) is 74.1 Å². The first kappa shape index (κ1) is 27.9. The molecule has 0 amide bonds. The van der Waals surface area contributed by atoms with Crippen molar-refractivity contribution < 1.29 is 4.39 Å². The van der Waals surface area contributed by atoms with Crippen LogP contribution in [0.3, 0.4) is 0 Å².